The van der Waals surface area contributed by atoms with Crippen molar-refractivity contribution < 1.29 is 22.3 Å². The van der Waals surface area contributed by atoms with Crippen molar-refractivity contribution in [3.05, 3.63) is 70.3 Å². The highest BCUT2D eigenvalue weighted by molar-refractivity contribution is 7.89. The molecule has 1 aliphatic heterocycles. The van der Waals surface area contributed by atoms with Crippen molar-refractivity contribution in [3.8, 4) is 5.75 Å². The number of aromatic nitrogens is 1. The normalized spacial score (nSPS) is 16.8. The van der Waals surface area contributed by atoms with E-state index in [2.05, 4.69) is 4.98 Å². The van der Waals surface area contributed by atoms with Gasteiger partial charge < -0.3 is 14.5 Å². The van der Waals surface area contributed by atoms with Crippen LogP contribution in [0.15, 0.2) is 58.2 Å². The van der Waals surface area contributed by atoms with Crippen LogP contribution in [0.1, 0.15) is 18.4 Å². The molecule has 0 bridgehead atoms. The van der Waals surface area contributed by atoms with Gasteiger partial charge in [0.2, 0.25) is 10.0 Å². The lowest BCUT2D eigenvalue weighted by atomic mass is 10.1. The molecule has 0 amide bonds. The summed E-state index contributed by atoms with van der Waals surface area (Å²) in [4.78, 5) is 15.5. The summed E-state index contributed by atoms with van der Waals surface area (Å²) in [5.41, 5.74) is 0.522. The van der Waals surface area contributed by atoms with Gasteiger partial charge in [0.15, 0.2) is 0 Å². The molecule has 1 saturated heterocycles. The number of methoxy groups -OCH3 is 1. The molecule has 9 heteroatoms. The third-order valence-corrected chi connectivity index (χ3v) is 7.19. The number of nitrogens with zero attached hydrogens (tertiary/aromatic N) is 1. The lowest BCUT2D eigenvalue weighted by Gasteiger charge is -2.25. The predicted molar refractivity (Wildman–Crippen MR) is 114 cm³/mol. The predicted octanol–water partition coefficient (Wildman–Crippen LogP) is 3.05. The molecule has 1 N–H and O–H groups in total. The molecule has 4 rings (SSSR count). The SMILES string of the molecule is COc1ccc2cc(CN(C[C@@H]3CCCO3)S(=O)(=O)c3ccc(F)cc3)c(=O)[nH]c2c1. The Bertz CT molecular complexity index is 1230. The first-order valence-electron chi connectivity index (χ1n) is 9.94. The second-order valence-corrected chi connectivity index (χ2v) is 9.40. The quantitative estimate of drug-likeness (QED) is 0.603. The van der Waals surface area contributed by atoms with Crippen LogP contribution in [0.4, 0.5) is 4.39 Å². The van der Waals surface area contributed by atoms with Gasteiger partial charge in [0.1, 0.15) is 11.6 Å². The average molecular weight is 447 g/mol. The van der Waals surface area contributed by atoms with Gasteiger partial charge >= 0.3 is 0 Å². The molecule has 2 aromatic carbocycles. The lowest BCUT2D eigenvalue weighted by molar-refractivity contribution is 0.0925. The van der Waals surface area contributed by atoms with Crippen molar-refractivity contribution in [2.24, 2.45) is 0 Å². The summed E-state index contributed by atoms with van der Waals surface area (Å²) in [5.74, 6) is 0.0841. The number of rotatable bonds is 7. The van der Waals surface area contributed by atoms with Crippen molar-refractivity contribution in [2.75, 3.05) is 20.3 Å². The Morgan fingerprint density at radius 3 is 2.65 bits per heavy atom. The first-order valence-corrected chi connectivity index (χ1v) is 11.4. The van der Waals surface area contributed by atoms with Crippen molar-refractivity contribution >= 4 is 20.9 Å². The molecule has 3 aromatic rings. The molecular weight excluding hydrogens is 423 g/mol. The first kappa shape index (κ1) is 21.5. The van der Waals surface area contributed by atoms with Crippen LogP contribution in [0, 0.1) is 5.82 Å². The second kappa shape index (κ2) is 8.78. The minimum Gasteiger partial charge on any atom is -0.497 e. The van der Waals surface area contributed by atoms with Gasteiger partial charge in [-0.3, -0.25) is 4.79 Å². The summed E-state index contributed by atoms with van der Waals surface area (Å²) in [6, 6.07) is 11.6. The number of nitrogens with one attached hydrogen (secondary N) is 1. The molecule has 0 radical (unpaired) electrons. The van der Waals surface area contributed by atoms with E-state index in [0.717, 1.165) is 30.4 Å². The molecule has 2 heterocycles. The van der Waals surface area contributed by atoms with E-state index >= 15 is 0 Å². The number of fused-ring (bicyclic) bond motifs is 1. The Morgan fingerprint density at radius 2 is 1.97 bits per heavy atom. The van der Waals surface area contributed by atoms with Gasteiger partial charge in [0.05, 0.1) is 23.6 Å². The van der Waals surface area contributed by atoms with E-state index in [1.165, 1.54) is 23.5 Å². The third-order valence-electron chi connectivity index (χ3n) is 5.36. The largest absolute Gasteiger partial charge is 0.497 e. The minimum absolute atomic E-state index is 0.0335. The summed E-state index contributed by atoms with van der Waals surface area (Å²) in [5, 5.41) is 0.756. The number of ether oxygens (including phenoxy) is 2. The van der Waals surface area contributed by atoms with E-state index in [-0.39, 0.29) is 29.6 Å². The van der Waals surface area contributed by atoms with E-state index in [4.69, 9.17) is 9.47 Å². The maximum absolute atomic E-state index is 13.3. The number of hydrogen-bond donors (Lipinski definition) is 1. The third kappa shape index (κ3) is 4.63. The van der Waals surface area contributed by atoms with E-state index in [1.807, 2.05) is 0 Å². The number of benzene rings is 2. The molecule has 0 aliphatic carbocycles. The van der Waals surface area contributed by atoms with E-state index < -0.39 is 15.8 Å². The maximum atomic E-state index is 13.3. The molecule has 1 atom stereocenters. The van der Waals surface area contributed by atoms with Crippen molar-refractivity contribution in [1.29, 1.82) is 0 Å². The van der Waals surface area contributed by atoms with Crippen LogP contribution in [-0.4, -0.2) is 44.1 Å². The Balaban J connectivity index is 1.71. The van der Waals surface area contributed by atoms with Crippen LogP contribution in [0.2, 0.25) is 0 Å². The highest BCUT2D eigenvalue weighted by Gasteiger charge is 2.30. The summed E-state index contributed by atoms with van der Waals surface area (Å²) in [6.07, 6.45) is 1.34. The van der Waals surface area contributed by atoms with E-state index in [9.17, 15) is 17.6 Å². The molecule has 31 heavy (non-hydrogen) atoms. The van der Waals surface area contributed by atoms with Crippen molar-refractivity contribution in [1.82, 2.24) is 9.29 Å². The molecule has 1 aromatic heterocycles. The molecule has 0 spiro atoms. The number of halogens is 1. The lowest BCUT2D eigenvalue weighted by Crippen LogP contribution is -2.38. The van der Waals surface area contributed by atoms with Crippen LogP contribution in [0.5, 0.6) is 5.75 Å². The van der Waals surface area contributed by atoms with Crippen molar-refractivity contribution in [3.63, 3.8) is 0 Å². The van der Waals surface area contributed by atoms with E-state index in [0.29, 0.717) is 23.4 Å². The van der Waals surface area contributed by atoms with Gasteiger partial charge in [-0.05, 0) is 60.7 Å². The van der Waals surface area contributed by atoms with Gasteiger partial charge in [-0.2, -0.15) is 4.31 Å². The Morgan fingerprint density at radius 1 is 1.19 bits per heavy atom. The van der Waals surface area contributed by atoms with Crippen molar-refractivity contribution in [2.45, 2.75) is 30.4 Å². The monoisotopic (exact) mass is 446 g/mol. The molecule has 7 nitrogen and oxygen atoms in total. The molecule has 164 valence electrons. The van der Waals surface area contributed by atoms with Gasteiger partial charge in [0, 0.05) is 31.3 Å². The number of hydrogen-bond acceptors (Lipinski definition) is 5. The molecule has 1 fully saturated rings. The number of H-pyrrole nitrogens is 1. The van der Waals surface area contributed by atoms with Crippen LogP contribution < -0.4 is 10.3 Å². The van der Waals surface area contributed by atoms with Crippen LogP contribution in [-0.2, 0) is 21.3 Å². The second-order valence-electron chi connectivity index (χ2n) is 7.46. The smallest absolute Gasteiger partial charge is 0.252 e. The summed E-state index contributed by atoms with van der Waals surface area (Å²) >= 11 is 0. The van der Waals surface area contributed by atoms with Gasteiger partial charge in [-0.25, -0.2) is 12.8 Å². The fourth-order valence-corrected chi connectivity index (χ4v) is 5.13. The molecule has 0 unspecified atom stereocenters. The standard InChI is InChI=1S/C22H23FN2O5S/c1-29-18-7-4-15-11-16(22(26)24-21(15)12-18)13-25(14-19-3-2-10-30-19)31(27,28)20-8-5-17(23)6-9-20/h4-9,11-12,19H,2-3,10,13-14H2,1H3,(H,24,26)/t19-/m0/s1. The zero-order chi connectivity index (χ0) is 22.0. The fraction of sp³-hybridized carbons (Fsp3) is 0.318. The number of pyridine rings is 1. The Labute approximate surface area is 179 Å². The van der Waals surface area contributed by atoms with Gasteiger partial charge in [0.25, 0.3) is 5.56 Å². The zero-order valence-corrected chi connectivity index (χ0v) is 17.8. The first-order chi connectivity index (χ1) is 14.9. The average Bonchev–Trinajstić information content (AvgIpc) is 3.27. The Kier molecular flexibility index (Phi) is 6.08. The molecular formula is C22H23FN2O5S. The van der Waals surface area contributed by atoms with Crippen LogP contribution in [0.3, 0.4) is 0 Å². The summed E-state index contributed by atoms with van der Waals surface area (Å²) in [6.45, 7) is 0.560. The maximum Gasteiger partial charge on any atom is 0.252 e. The van der Waals surface area contributed by atoms with E-state index in [1.54, 1.807) is 24.3 Å². The summed E-state index contributed by atoms with van der Waals surface area (Å²) < 4.78 is 52.0. The van der Waals surface area contributed by atoms with Crippen LogP contribution >= 0.6 is 0 Å². The highest BCUT2D eigenvalue weighted by Crippen LogP contribution is 2.24. The highest BCUT2D eigenvalue weighted by atomic mass is 32.2. The zero-order valence-electron chi connectivity index (χ0n) is 17.0. The van der Waals surface area contributed by atoms with Crippen LogP contribution in [0.25, 0.3) is 10.9 Å². The number of aromatic amines is 1. The molecule has 0 saturated carbocycles. The van der Waals surface area contributed by atoms with Gasteiger partial charge in [-0.1, -0.05) is 0 Å². The van der Waals surface area contributed by atoms with Gasteiger partial charge in [-0.15, -0.1) is 0 Å². The Hall–Kier alpha value is -2.75. The number of sulfonamides is 1. The topological polar surface area (TPSA) is 88.7 Å². The summed E-state index contributed by atoms with van der Waals surface area (Å²) in [7, 11) is -2.43. The minimum atomic E-state index is -3.97. The molecule has 1 aliphatic rings. The fourth-order valence-electron chi connectivity index (χ4n) is 3.68.